The Morgan fingerprint density at radius 2 is 2.33 bits per heavy atom. The lowest BCUT2D eigenvalue weighted by atomic mass is 9.97. The number of aliphatic carboxylic acids is 1. The fraction of sp³-hybridized carbons (Fsp3) is 0.692. The van der Waals surface area contributed by atoms with E-state index in [9.17, 15) is 9.90 Å². The van der Waals surface area contributed by atoms with Gasteiger partial charge in [-0.15, -0.1) is 0 Å². The molecule has 1 fully saturated rings. The number of rotatable bonds is 2. The standard InChI is InChI=1S/C13H19N3O2/c17-13(18)11-4-1-5-12-15-10(8-16(11)12)9-3-2-6-14-7-9/h8-9,11,14H,1-7H2,(H,17,18). The highest BCUT2D eigenvalue weighted by Gasteiger charge is 2.28. The summed E-state index contributed by atoms with van der Waals surface area (Å²) in [5, 5.41) is 12.6. The summed E-state index contributed by atoms with van der Waals surface area (Å²) in [7, 11) is 0. The Morgan fingerprint density at radius 3 is 3.06 bits per heavy atom. The molecule has 3 heterocycles. The normalized spacial score (nSPS) is 27.8. The van der Waals surface area contributed by atoms with Crippen molar-refractivity contribution in [3.8, 4) is 0 Å². The zero-order valence-corrected chi connectivity index (χ0v) is 10.4. The number of aromatic nitrogens is 2. The molecular weight excluding hydrogens is 230 g/mol. The van der Waals surface area contributed by atoms with E-state index in [0.717, 1.165) is 50.3 Å². The molecule has 5 nitrogen and oxygen atoms in total. The fourth-order valence-corrected chi connectivity index (χ4v) is 3.04. The number of piperidine rings is 1. The predicted molar refractivity (Wildman–Crippen MR) is 66.7 cm³/mol. The van der Waals surface area contributed by atoms with Crippen molar-refractivity contribution in [1.82, 2.24) is 14.9 Å². The van der Waals surface area contributed by atoms with Crippen molar-refractivity contribution in [2.75, 3.05) is 13.1 Å². The van der Waals surface area contributed by atoms with Crippen LogP contribution in [-0.4, -0.2) is 33.7 Å². The highest BCUT2D eigenvalue weighted by atomic mass is 16.4. The molecule has 0 amide bonds. The Bertz CT molecular complexity index is 449. The molecule has 1 saturated heterocycles. The summed E-state index contributed by atoms with van der Waals surface area (Å²) in [6.07, 6.45) is 6.86. The third-order valence-electron chi connectivity index (χ3n) is 4.04. The summed E-state index contributed by atoms with van der Waals surface area (Å²) in [5.74, 6) is 0.669. The topological polar surface area (TPSA) is 67.2 Å². The van der Waals surface area contributed by atoms with E-state index in [1.807, 2.05) is 10.8 Å². The molecule has 3 rings (SSSR count). The number of fused-ring (bicyclic) bond motifs is 1. The van der Waals surface area contributed by atoms with Crippen molar-refractivity contribution in [2.24, 2.45) is 0 Å². The predicted octanol–water partition coefficient (Wildman–Crippen LogP) is 1.31. The maximum Gasteiger partial charge on any atom is 0.326 e. The fourth-order valence-electron chi connectivity index (χ4n) is 3.04. The van der Waals surface area contributed by atoms with Gasteiger partial charge in [0, 0.05) is 25.1 Å². The minimum atomic E-state index is -0.735. The number of aryl methyl sites for hydroxylation is 1. The molecule has 18 heavy (non-hydrogen) atoms. The summed E-state index contributed by atoms with van der Waals surface area (Å²) in [5.41, 5.74) is 1.07. The van der Waals surface area contributed by atoms with Gasteiger partial charge in [0.2, 0.25) is 0 Å². The van der Waals surface area contributed by atoms with Gasteiger partial charge in [-0.2, -0.15) is 0 Å². The largest absolute Gasteiger partial charge is 0.480 e. The Labute approximate surface area is 106 Å². The molecule has 2 aliphatic rings. The van der Waals surface area contributed by atoms with E-state index in [2.05, 4.69) is 10.3 Å². The van der Waals surface area contributed by atoms with Gasteiger partial charge < -0.3 is 15.0 Å². The van der Waals surface area contributed by atoms with E-state index < -0.39 is 12.0 Å². The number of nitrogens with one attached hydrogen (secondary N) is 1. The minimum Gasteiger partial charge on any atom is -0.480 e. The van der Waals surface area contributed by atoms with Gasteiger partial charge in [0.15, 0.2) is 0 Å². The molecule has 0 aromatic carbocycles. The molecule has 2 atom stereocenters. The van der Waals surface area contributed by atoms with Crippen LogP contribution in [0, 0.1) is 0 Å². The lowest BCUT2D eigenvalue weighted by Gasteiger charge is -2.21. The van der Waals surface area contributed by atoms with Gasteiger partial charge in [0.25, 0.3) is 0 Å². The van der Waals surface area contributed by atoms with Crippen molar-refractivity contribution in [3.63, 3.8) is 0 Å². The second-order valence-electron chi connectivity index (χ2n) is 5.28. The first-order valence-electron chi connectivity index (χ1n) is 6.77. The van der Waals surface area contributed by atoms with Crippen LogP contribution < -0.4 is 5.32 Å². The summed E-state index contributed by atoms with van der Waals surface area (Å²) in [6, 6.07) is -0.411. The zero-order valence-electron chi connectivity index (χ0n) is 10.4. The molecule has 2 unspecified atom stereocenters. The molecular formula is C13H19N3O2. The van der Waals surface area contributed by atoms with E-state index in [-0.39, 0.29) is 0 Å². The average Bonchev–Trinajstić information content (AvgIpc) is 2.83. The molecule has 5 heteroatoms. The van der Waals surface area contributed by atoms with Gasteiger partial charge in [0.1, 0.15) is 11.9 Å². The number of imidazole rings is 1. The monoisotopic (exact) mass is 249 g/mol. The van der Waals surface area contributed by atoms with Crippen LogP contribution in [0.5, 0.6) is 0 Å². The zero-order chi connectivity index (χ0) is 12.5. The Balaban J connectivity index is 1.88. The van der Waals surface area contributed by atoms with Crippen LogP contribution in [0.25, 0.3) is 0 Å². The molecule has 0 bridgehead atoms. The van der Waals surface area contributed by atoms with Crippen LogP contribution in [-0.2, 0) is 11.2 Å². The molecule has 0 radical (unpaired) electrons. The number of carbonyl (C=O) groups is 1. The lowest BCUT2D eigenvalue weighted by molar-refractivity contribution is -0.141. The summed E-state index contributed by atoms with van der Waals surface area (Å²) >= 11 is 0. The lowest BCUT2D eigenvalue weighted by Crippen LogP contribution is -2.28. The molecule has 2 aliphatic heterocycles. The average molecular weight is 249 g/mol. The van der Waals surface area contributed by atoms with E-state index in [0.29, 0.717) is 5.92 Å². The van der Waals surface area contributed by atoms with Crippen molar-refractivity contribution < 1.29 is 9.90 Å². The smallest absolute Gasteiger partial charge is 0.326 e. The van der Waals surface area contributed by atoms with E-state index in [4.69, 9.17) is 0 Å². The van der Waals surface area contributed by atoms with Gasteiger partial charge in [-0.25, -0.2) is 9.78 Å². The molecule has 1 aromatic rings. The second-order valence-corrected chi connectivity index (χ2v) is 5.28. The number of carboxylic acid groups (broad SMARTS) is 1. The van der Waals surface area contributed by atoms with Gasteiger partial charge >= 0.3 is 5.97 Å². The highest BCUT2D eigenvalue weighted by molar-refractivity contribution is 5.72. The third-order valence-corrected chi connectivity index (χ3v) is 4.04. The Hall–Kier alpha value is -1.36. The maximum absolute atomic E-state index is 11.2. The van der Waals surface area contributed by atoms with Crippen LogP contribution in [0.1, 0.15) is 49.2 Å². The molecule has 0 aliphatic carbocycles. The minimum absolute atomic E-state index is 0.411. The highest BCUT2D eigenvalue weighted by Crippen LogP contribution is 2.29. The number of nitrogens with zero attached hydrogens (tertiary/aromatic N) is 2. The quantitative estimate of drug-likeness (QED) is 0.829. The Morgan fingerprint density at radius 1 is 1.44 bits per heavy atom. The van der Waals surface area contributed by atoms with E-state index >= 15 is 0 Å². The van der Waals surface area contributed by atoms with Crippen molar-refractivity contribution in [1.29, 1.82) is 0 Å². The molecule has 1 aromatic heterocycles. The van der Waals surface area contributed by atoms with Crippen LogP contribution in [0.4, 0.5) is 0 Å². The van der Waals surface area contributed by atoms with Gasteiger partial charge in [-0.1, -0.05) is 0 Å². The second kappa shape index (κ2) is 4.72. The first kappa shape index (κ1) is 11.7. The van der Waals surface area contributed by atoms with Gasteiger partial charge in [-0.05, 0) is 32.2 Å². The Kier molecular flexibility index (Phi) is 3.07. The molecule has 0 spiro atoms. The summed E-state index contributed by atoms with van der Waals surface area (Å²) in [6.45, 7) is 2.05. The van der Waals surface area contributed by atoms with E-state index in [1.165, 1.54) is 6.42 Å². The van der Waals surface area contributed by atoms with Gasteiger partial charge in [0.05, 0.1) is 5.69 Å². The molecule has 0 saturated carbocycles. The summed E-state index contributed by atoms with van der Waals surface area (Å²) < 4.78 is 1.88. The maximum atomic E-state index is 11.2. The SMILES string of the molecule is O=C(O)C1CCCc2nc(C3CCCNC3)cn21. The van der Waals surface area contributed by atoms with Gasteiger partial charge in [-0.3, -0.25) is 0 Å². The summed E-state index contributed by atoms with van der Waals surface area (Å²) in [4.78, 5) is 15.9. The van der Waals surface area contributed by atoms with Crippen LogP contribution in [0.2, 0.25) is 0 Å². The van der Waals surface area contributed by atoms with Crippen LogP contribution in [0.3, 0.4) is 0 Å². The first-order valence-corrected chi connectivity index (χ1v) is 6.77. The molecule has 2 N–H and O–H groups in total. The third kappa shape index (κ3) is 2.03. The number of hydrogen-bond acceptors (Lipinski definition) is 3. The van der Waals surface area contributed by atoms with Crippen molar-refractivity contribution in [2.45, 2.75) is 44.1 Å². The van der Waals surface area contributed by atoms with Crippen molar-refractivity contribution in [3.05, 3.63) is 17.7 Å². The number of hydrogen-bond donors (Lipinski definition) is 2. The van der Waals surface area contributed by atoms with E-state index in [1.54, 1.807) is 0 Å². The first-order chi connectivity index (χ1) is 8.75. The molecule has 98 valence electrons. The number of carboxylic acids is 1. The van der Waals surface area contributed by atoms with Crippen LogP contribution >= 0.6 is 0 Å². The van der Waals surface area contributed by atoms with Crippen LogP contribution in [0.15, 0.2) is 6.20 Å². The van der Waals surface area contributed by atoms with Crippen molar-refractivity contribution >= 4 is 5.97 Å².